The van der Waals surface area contributed by atoms with Gasteiger partial charge in [0.15, 0.2) is 11.5 Å². The summed E-state index contributed by atoms with van der Waals surface area (Å²) in [6.07, 6.45) is 1.29. The molecule has 0 bridgehead atoms. The Hall–Kier alpha value is -0.740. The first-order valence-electron chi connectivity index (χ1n) is 7.38. The molecule has 0 amide bonds. The summed E-state index contributed by atoms with van der Waals surface area (Å²) in [7, 11) is 2.03. The van der Waals surface area contributed by atoms with Crippen molar-refractivity contribution < 1.29 is 9.47 Å². The molecule has 2 rings (SSSR count). The van der Waals surface area contributed by atoms with Crippen LogP contribution in [0.15, 0.2) is 16.6 Å². The average molecular weight is 342 g/mol. The molecule has 1 aromatic rings. The fourth-order valence-electron chi connectivity index (χ4n) is 2.74. The normalized spacial score (nSPS) is 22.4. The quantitative estimate of drug-likeness (QED) is 0.807. The van der Waals surface area contributed by atoms with Gasteiger partial charge in [-0.25, -0.2) is 0 Å². The summed E-state index contributed by atoms with van der Waals surface area (Å²) < 4.78 is 12.5. The lowest BCUT2D eigenvalue weighted by atomic mass is 10.0. The highest BCUT2D eigenvalue weighted by atomic mass is 79.9. The molecule has 3 unspecified atom stereocenters. The van der Waals surface area contributed by atoms with Crippen molar-refractivity contribution in [3.63, 3.8) is 0 Å². The van der Waals surface area contributed by atoms with E-state index in [-0.39, 0.29) is 0 Å². The molecule has 4 heteroatoms. The predicted octanol–water partition coefficient (Wildman–Crippen LogP) is 4.16. The van der Waals surface area contributed by atoms with E-state index >= 15 is 0 Å². The standard InChI is InChI=1S/C16H24BrNO2/c1-5-19-14-8-12(13(17)9-15(14)20-6-2)16(18-4)11-7-10(11)3/h8-11,16,18H,5-7H2,1-4H3. The van der Waals surface area contributed by atoms with Crippen molar-refractivity contribution in [2.45, 2.75) is 33.2 Å². The van der Waals surface area contributed by atoms with Crippen LogP contribution < -0.4 is 14.8 Å². The number of halogens is 1. The van der Waals surface area contributed by atoms with Crippen LogP contribution in [0.5, 0.6) is 11.5 Å². The zero-order valence-electron chi connectivity index (χ0n) is 12.7. The SMILES string of the molecule is CCOc1cc(Br)c(C(NC)C2CC2C)cc1OCC. The Labute approximate surface area is 130 Å². The molecule has 1 saturated carbocycles. The van der Waals surface area contributed by atoms with Gasteiger partial charge in [0.05, 0.1) is 13.2 Å². The summed E-state index contributed by atoms with van der Waals surface area (Å²) in [5, 5.41) is 3.45. The Balaban J connectivity index is 2.34. The van der Waals surface area contributed by atoms with Crippen molar-refractivity contribution in [2.75, 3.05) is 20.3 Å². The number of ether oxygens (including phenoxy) is 2. The Bertz CT molecular complexity index is 464. The van der Waals surface area contributed by atoms with E-state index < -0.39 is 0 Å². The highest BCUT2D eigenvalue weighted by molar-refractivity contribution is 9.10. The zero-order chi connectivity index (χ0) is 14.7. The van der Waals surface area contributed by atoms with Gasteiger partial charge in [0.25, 0.3) is 0 Å². The lowest BCUT2D eigenvalue weighted by Gasteiger charge is -2.21. The molecule has 20 heavy (non-hydrogen) atoms. The third kappa shape index (κ3) is 3.29. The summed E-state index contributed by atoms with van der Waals surface area (Å²) in [4.78, 5) is 0. The van der Waals surface area contributed by atoms with Gasteiger partial charge >= 0.3 is 0 Å². The molecule has 1 aliphatic rings. The van der Waals surface area contributed by atoms with Gasteiger partial charge in [0.2, 0.25) is 0 Å². The van der Waals surface area contributed by atoms with E-state index in [9.17, 15) is 0 Å². The molecule has 1 fully saturated rings. The number of rotatable bonds is 7. The Morgan fingerprint density at radius 2 is 1.80 bits per heavy atom. The van der Waals surface area contributed by atoms with Crippen molar-refractivity contribution in [3.8, 4) is 11.5 Å². The van der Waals surface area contributed by atoms with Gasteiger partial charge in [-0.05, 0) is 56.8 Å². The first-order valence-corrected chi connectivity index (χ1v) is 8.17. The maximum atomic E-state index is 5.73. The van der Waals surface area contributed by atoms with E-state index in [1.807, 2.05) is 27.0 Å². The number of benzene rings is 1. The molecular weight excluding hydrogens is 318 g/mol. The smallest absolute Gasteiger partial charge is 0.162 e. The molecule has 0 heterocycles. The summed E-state index contributed by atoms with van der Waals surface area (Å²) in [6.45, 7) is 7.57. The molecule has 3 nitrogen and oxygen atoms in total. The van der Waals surface area contributed by atoms with E-state index in [4.69, 9.17) is 9.47 Å². The van der Waals surface area contributed by atoms with Gasteiger partial charge < -0.3 is 14.8 Å². The summed E-state index contributed by atoms with van der Waals surface area (Å²) in [6, 6.07) is 4.51. The monoisotopic (exact) mass is 341 g/mol. The van der Waals surface area contributed by atoms with Crippen LogP contribution in [-0.4, -0.2) is 20.3 Å². The van der Waals surface area contributed by atoms with Crippen molar-refractivity contribution in [1.82, 2.24) is 5.32 Å². The average Bonchev–Trinajstić information content (AvgIpc) is 3.12. The summed E-state index contributed by atoms with van der Waals surface area (Å²) >= 11 is 3.68. The Morgan fingerprint density at radius 3 is 2.25 bits per heavy atom. The fraction of sp³-hybridized carbons (Fsp3) is 0.625. The summed E-state index contributed by atoms with van der Waals surface area (Å²) in [5.74, 6) is 3.15. The molecule has 3 atom stereocenters. The molecule has 1 N–H and O–H groups in total. The second kappa shape index (κ2) is 6.81. The van der Waals surface area contributed by atoms with Crippen LogP contribution in [0.2, 0.25) is 0 Å². The van der Waals surface area contributed by atoms with Crippen molar-refractivity contribution in [3.05, 3.63) is 22.2 Å². The second-order valence-electron chi connectivity index (χ2n) is 5.33. The third-order valence-corrected chi connectivity index (χ3v) is 4.60. The second-order valence-corrected chi connectivity index (χ2v) is 6.18. The van der Waals surface area contributed by atoms with Crippen LogP contribution in [-0.2, 0) is 0 Å². The van der Waals surface area contributed by atoms with Gasteiger partial charge in [0, 0.05) is 10.5 Å². The van der Waals surface area contributed by atoms with Gasteiger partial charge in [-0.15, -0.1) is 0 Å². The van der Waals surface area contributed by atoms with Crippen LogP contribution in [0.1, 0.15) is 38.8 Å². The van der Waals surface area contributed by atoms with Gasteiger partial charge in [-0.2, -0.15) is 0 Å². The lowest BCUT2D eigenvalue weighted by Crippen LogP contribution is -2.19. The number of nitrogens with one attached hydrogen (secondary N) is 1. The van der Waals surface area contributed by atoms with E-state index in [2.05, 4.69) is 34.2 Å². The summed E-state index contributed by atoms with van der Waals surface area (Å²) in [5.41, 5.74) is 1.26. The zero-order valence-corrected chi connectivity index (χ0v) is 14.3. The number of hydrogen-bond donors (Lipinski definition) is 1. The van der Waals surface area contributed by atoms with Gasteiger partial charge in [-0.1, -0.05) is 22.9 Å². The van der Waals surface area contributed by atoms with Gasteiger partial charge in [0.1, 0.15) is 0 Å². The molecule has 0 saturated heterocycles. The minimum absolute atomic E-state index is 0.370. The Morgan fingerprint density at radius 1 is 1.25 bits per heavy atom. The maximum absolute atomic E-state index is 5.73. The van der Waals surface area contributed by atoms with Crippen LogP contribution in [0, 0.1) is 11.8 Å². The van der Waals surface area contributed by atoms with E-state index in [0.29, 0.717) is 25.2 Å². The molecule has 1 aromatic carbocycles. The third-order valence-electron chi connectivity index (χ3n) is 3.91. The van der Waals surface area contributed by atoms with Crippen molar-refractivity contribution in [2.24, 2.45) is 11.8 Å². The number of hydrogen-bond acceptors (Lipinski definition) is 3. The highest BCUT2D eigenvalue weighted by Crippen LogP contribution is 2.49. The topological polar surface area (TPSA) is 30.5 Å². The molecular formula is C16H24BrNO2. The molecule has 0 radical (unpaired) electrons. The fourth-order valence-corrected chi connectivity index (χ4v) is 3.31. The van der Waals surface area contributed by atoms with Crippen LogP contribution in [0.3, 0.4) is 0 Å². The molecule has 0 aliphatic heterocycles. The van der Waals surface area contributed by atoms with Crippen LogP contribution in [0.25, 0.3) is 0 Å². The predicted molar refractivity (Wildman–Crippen MR) is 85.6 cm³/mol. The Kier molecular flexibility index (Phi) is 5.33. The molecule has 112 valence electrons. The van der Waals surface area contributed by atoms with Crippen molar-refractivity contribution in [1.29, 1.82) is 0 Å². The first kappa shape index (κ1) is 15.6. The van der Waals surface area contributed by atoms with Crippen LogP contribution in [0.4, 0.5) is 0 Å². The molecule has 1 aliphatic carbocycles. The van der Waals surface area contributed by atoms with E-state index in [1.165, 1.54) is 12.0 Å². The van der Waals surface area contributed by atoms with E-state index in [1.54, 1.807) is 0 Å². The highest BCUT2D eigenvalue weighted by Gasteiger charge is 2.40. The first-order chi connectivity index (χ1) is 9.62. The largest absolute Gasteiger partial charge is 0.490 e. The van der Waals surface area contributed by atoms with E-state index in [0.717, 1.165) is 21.9 Å². The van der Waals surface area contributed by atoms with Gasteiger partial charge in [-0.3, -0.25) is 0 Å². The molecule has 0 spiro atoms. The minimum atomic E-state index is 0.370. The van der Waals surface area contributed by atoms with Crippen molar-refractivity contribution >= 4 is 15.9 Å². The van der Waals surface area contributed by atoms with Crippen LogP contribution >= 0.6 is 15.9 Å². The minimum Gasteiger partial charge on any atom is -0.490 e. The maximum Gasteiger partial charge on any atom is 0.162 e. The molecule has 0 aromatic heterocycles. The lowest BCUT2D eigenvalue weighted by molar-refractivity contribution is 0.286.